The van der Waals surface area contributed by atoms with Gasteiger partial charge in [-0.1, -0.05) is 102 Å². The van der Waals surface area contributed by atoms with Crippen molar-refractivity contribution < 1.29 is 9.47 Å². The molecule has 0 unspecified atom stereocenters. The van der Waals surface area contributed by atoms with E-state index in [1.54, 1.807) is 14.2 Å². The van der Waals surface area contributed by atoms with E-state index in [0.717, 1.165) is 72.8 Å². The highest BCUT2D eigenvalue weighted by molar-refractivity contribution is 6.10. The molecular weight excluding hydrogens is 785 g/mol. The van der Waals surface area contributed by atoms with Crippen LogP contribution in [0.5, 0.6) is 11.5 Å². The molecule has 0 saturated carbocycles. The molecule has 6 heteroatoms. The molecule has 0 N–H and O–H groups in total. The molecule has 9 aromatic rings. The lowest BCUT2D eigenvalue weighted by Crippen LogP contribution is -2.10. The third-order valence-electron chi connectivity index (χ3n) is 12.6. The predicted molar refractivity (Wildman–Crippen MR) is 266 cm³/mol. The average Bonchev–Trinajstić information content (AvgIpc) is 3.61. The lowest BCUT2D eigenvalue weighted by atomic mass is 9.85. The molecule has 0 atom stereocenters. The fourth-order valence-corrected chi connectivity index (χ4v) is 8.82. The molecule has 6 nitrogen and oxygen atoms in total. The molecule has 0 spiro atoms. The van der Waals surface area contributed by atoms with Gasteiger partial charge in [0.1, 0.15) is 11.5 Å². The van der Waals surface area contributed by atoms with E-state index in [0.29, 0.717) is 17.5 Å². The van der Waals surface area contributed by atoms with Crippen molar-refractivity contribution >= 4 is 21.8 Å². The van der Waals surface area contributed by atoms with E-state index < -0.39 is 0 Å². The molecule has 0 bridgehead atoms. The Morgan fingerprint density at radius 2 is 0.750 bits per heavy atom. The van der Waals surface area contributed by atoms with Crippen LogP contribution in [0.25, 0.3) is 83.9 Å². The summed E-state index contributed by atoms with van der Waals surface area (Å²) in [6, 6.07) is 49.8. The summed E-state index contributed by atoms with van der Waals surface area (Å²) in [6.07, 6.45) is 0. The van der Waals surface area contributed by atoms with Crippen LogP contribution in [0.1, 0.15) is 69.4 Å². The lowest BCUT2D eigenvalue weighted by molar-refractivity contribution is 0.415. The molecule has 2 heterocycles. The molecule has 0 aliphatic rings. The van der Waals surface area contributed by atoms with Crippen molar-refractivity contribution in [2.75, 3.05) is 14.2 Å². The van der Waals surface area contributed by atoms with Crippen LogP contribution in [0.3, 0.4) is 0 Å². The van der Waals surface area contributed by atoms with Gasteiger partial charge in [-0.15, -0.1) is 0 Å². The number of nitrogens with zero attached hydrogens (tertiary/aromatic N) is 4. The first kappa shape index (κ1) is 42.3. The molecule has 0 fully saturated rings. The largest absolute Gasteiger partial charge is 0.497 e. The Hall–Kier alpha value is -7.05. The summed E-state index contributed by atoms with van der Waals surface area (Å²) in [4.78, 5) is 15.6. The standard InChI is InChI=1S/C58H56N4O2/c1-35-30-40(16-25-47(35)38-12-21-45(63-10)22-13-38)54-59-55(41-17-26-48(36(2)31-41)39-14-23-46(64-11)24-15-39)61-56(60-54)42-18-27-51(37(3)32-42)62-52-28-19-43(57(4,5)6)33-49(52)50-34-44(58(7,8)9)20-29-53(50)62/h12-34H,1-11H3. The third kappa shape index (κ3) is 7.94. The number of rotatable bonds is 8. The fraction of sp³-hybridized carbons (Fsp3) is 0.224. The minimum absolute atomic E-state index is 0.0264. The summed E-state index contributed by atoms with van der Waals surface area (Å²) in [5.74, 6) is 3.52. The normalized spacial score (nSPS) is 12.0. The molecule has 9 rings (SSSR count). The van der Waals surface area contributed by atoms with Gasteiger partial charge in [0.2, 0.25) is 0 Å². The molecule has 0 radical (unpaired) electrons. The van der Waals surface area contributed by atoms with Gasteiger partial charge in [0, 0.05) is 33.2 Å². The van der Waals surface area contributed by atoms with Crippen LogP contribution >= 0.6 is 0 Å². The zero-order chi connectivity index (χ0) is 45.1. The number of fused-ring (bicyclic) bond motifs is 3. The number of ether oxygens (including phenoxy) is 2. The van der Waals surface area contributed by atoms with Crippen molar-refractivity contribution in [3.8, 4) is 73.6 Å². The summed E-state index contributed by atoms with van der Waals surface area (Å²) in [6.45, 7) is 20.2. The van der Waals surface area contributed by atoms with E-state index in [-0.39, 0.29) is 10.8 Å². The number of aryl methyl sites for hydroxylation is 3. The van der Waals surface area contributed by atoms with E-state index in [2.05, 4.69) is 182 Å². The number of methoxy groups -OCH3 is 2. The van der Waals surface area contributed by atoms with Crippen LogP contribution in [0.4, 0.5) is 0 Å². The third-order valence-corrected chi connectivity index (χ3v) is 12.6. The van der Waals surface area contributed by atoms with Crippen LogP contribution in [0.2, 0.25) is 0 Å². The first-order valence-electron chi connectivity index (χ1n) is 22.1. The molecule has 2 aromatic heterocycles. The second-order valence-electron chi connectivity index (χ2n) is 19.1. The quantitative estimate of drug-likeness (QED) is 0.152. The van der Waals surface area contributed by atoms with Crippen LogP contribution < -0.4 is 9.47 Å². The second kappa shape index (κ2) is 16.3. The van der Waals surface area contributed by atoms with Crippen molar-refractivity contribution in [3.05, 3.63) is 167 Å². The van der Waals surface area contributed by atoms with E-state index >= 15 is 0 Å². The minimum atomic E-state index is 0.0264. The van der Waals surface area contributed by atoms with E-state index in [1.165, 1.54) is 32.9 Å². The van der Waals surface area contributed by atoms with Crippen molar-refractivity contribution in [1.29, 1.82) is 0 Å². The monoisotopic (exact) mass is 840 g/mol. The van der Waals surface area contributed by atoms with Gasteiger partial charge in [0.25, 0.3) is 0 Å². The highest BCUT2D eigenvalue weighted by Crippen LogP contribution is 2.39. The van der Waals surface area contributed by atoms with Gasteiger partial charge in [-0.3, -0.25) is 0 Å². The van der Waals surface area contributed by atoms with Crippen molar-refractivity contribution in [3.63, 3.8) is 0 Å². The zero-order valence-corrected chi connectivity index (χ0v) is 38.9. The number of hydrogen-bond donors (Lipinski definition) is 0. The van der Waals surface area contributed by atoms with Gasteiger partial charge in [0.05, 0.1) is 25.3 Å². The van der Waals surface area contributed by atoms with Crippen molar-refractivity contribution in [2.24, 2.45) is 0 Å². The maximum absolute atomic E-state index is 5.42. The Morgan fingerprint density at radius 3 is 1.09 bits per heavy atom. The molecule has 0 aliphatic carbocycles. The van der Waals surface area contributed by atoms with Gasteiger partial charge in [-0.2, -0.15) is 0 Å². The maximum atomic E-state index is 5.42. The molecule has 320 valence electrons. The van der Waals surface area contributed by atoms with Crippen LogP contribution in [0, 0.1) is 20.8 Å². The number of hydrogen-bond acceptors (Lipinski definition) is 5. The van der Waals surface area contributed by atoms with Crippen molar-refractivity contribution in [2.45, 2.75) is 73.1 Å². The SMILES string of the molecule is COc1ccc(-c2ccc(-c3nc(-c4ccc(-c5ccc(OC)cc5)c(C)c4)nc(-c4ccc(-n5c6ccc(C(C)(C)C)cc6c6cc(C(C)(C)C)ccc65)c(C)c4)n3)cc2C)cc1. The molecule has 0 aliphatic heterocycles. The van der Waals surface area contributed by atoms with Gasteiger partial charge in [-0.05, 0) is 161 Å². The summed E-state index contributed by atoms with van der Waals surface area (Å²) < 4.78 is 13.3. The topological polar surface area (TPSA) is 62.1 Å². The Labute approximate surface area is 377 Å². The van der Waals surface area contributed by atoms with Crippen LogP contribution in [-0.2, 0) is 10.8 Å². The summed E-state index contributed by atoms with van der Waals surface area (Å²) in [5.41, 5.74) is 16.9. The summed E-state index contributed by atoms with van der Waals surface area (Å²) in [5, 5.41) is 2.54. The Balaban J connectivity index is 1.17. The van der Waals surface area contributed by atoms with Crippen LogP contribution in [-0.4, -0.2) is 33.7 Å². The van der Waals surface area contributed by atoms with E-state index in [4.69, 9.17) is 24.4 Å². The molecule has 64 heavy (non-hydrogen) atoms. The molecular formula is C58H56N4O2. The summed E-state index contributed by atoms with van der Waals surface area (Å²) in [7, 11) is 3.38. The minimum Gasteiger partial charge on any atom is -0.497 e. The van der Waals surface area contributed by atoms with Crippen molar-refractivity contribution in [1.82, 2.24) is 19.5 Å². The molecule has 0 saturated heterocycles. The molecule has 7 aromatic carbocycles. The van der Waals surface area contributed by atoms with Crippen LogP contribution in [0.15, 0.2) is 140 Å². The molecule has 0 amide bonds. The number of benzene rings is 7. The zero-order valence-electron chi connectivity index (χ0n) is 38.9. The summed E-state index contributed by atoms with van der Waals surface area (Å²) >= 11 is 0. The van der Waals surface area contributed by atoms with E-state index in [9.17, 15) is 0 Å². The highest BCUT2D eigenvalue weighted by Gasteiger charge is 2.22. The Morgan fingerprint density at radius 1 is 0.391 bits per heavy atom. The van der Waals surface area contributed by atoms with Gasteiger partial charge < -0.3 is 14.0 Å². The van der Waals surface area contributed by atoms with Gasteiger partial charge in [0.15, 0.2) is 17.5 Å². The maximum Gasteiger partial charge on any atom is 0.164 e. The Kier molecular flexibility index (Phi) is 10.7. The van der Waals surface area contributed by atoms with E-state index in [1.807, 2.05) is 24.3 Å². The average molecular weight is 841 g/mol. The van der Waals surface area contributed by atoms with Gasteiger partial charge >= 0.3 is 0 Å². The fourth-order valence-electron chi connectivity index (χ4n) is 8.82. The smallest absolute Gasteiger partial charge is 0.164 e. The second-order valence-corrected chi connectivity index (χ2v) is 19.1. The highest BCUT2D eigenvalue weighted by atomic mass is 16.5. The lowest BCUT2D eigenvalue weighted by Gasteiger charge is -2.19. The number of aromatic nitrogens is 4. The van der Waals surface area contributed by atoms with Gasteiger partial charge in [-0.25, -0.2) is 15.0 Å². The predicted octanol–water partition coefficient (Wildman–Crippen LogP) is 14.8. The first-order chi connectivity index (χ1) is 30.6. The Bertz CT molecular complexity index is 3030. The first-order valence-corrected chi connectivity index (χ1v) is 22.1.